The summed E-state index contributed by atoms with van der Waals surface area (Å²) in [5.41, 5.74) is -2.61. The predicted molar refractivity (Wildman–Crippen MR) is 58.5 cm³/mol. The lowest BCUT2D eigenvalue weighted by molar-refractivity contribution is -0.128. The Kier molecular flexibility index (Phi) is 9.21. The maximum absolute atomic E-state index is 11.4. The molecule has 0 aliphatic carbocycles. The number of hydrogen-bond donors (Lipinski definition) is 0. The van der Waals surface area contributed by atoms with E-state index in [-0.39, 0.29) is 7.43 Å². The third-order valence-electron chi connectivity index (χ3n) is 1.53. The highest BCUT2D eigenvalue weighted by molar-refractivity contribution is 5.94. The quantitative estimate of drug-likeness (QED) is 0.569. The molecule has 0 aromatic rings. The fourth-order valence-electron chi connectivity index (χ4n) is 0.399. The van der Waals surface area contributed by atoms with Crippen molar-refractivity contribution in [2.75, 3.05) is 0 Å². The Bertz CT molecular complexity index is 326. The smallest absolute Gasteiger partial charge is 0.295 e. The number of Topliss-reactive ketones (excluding diaryl/α,β-unsaturated/α-hetero) is 2. The summed E-state index contributed by atoms with van der Waals surface area (Å²) in [6.07, 6.45) is -9.13. The lowest BCUT2D eigenvalue weighted by Crippen LogP contribution is -2.16. The van der Waals surface area contributed by atoms with Crippen LogP contribution in [0.4, 0.5) is 26.3 Å². The van der Waals surface area contributed by atoms with E-state index in [9.17, 15) is 35.9 Å². The Morgan fingerprint density at radius 1 is 0.737 bits per heavy atom. The van der Waals surface area contributed by atoms with Crippen LogP contribution in [0.3, 0.4) is 0 Å². The topological polar surface area (TPSA) is 34.1 Å². The minimum atomic E-state index is -4.56. The van der Waals surface area contributed by atoms with Gasteiger partial charge in [0.05, 0.1) is 11.1 Å². The van der Waals surface area contributed by atoms with Crippen LogP contribution in [0.1, 0.15) is 21.3 Å². The van der Waals surface area contributed by atoms with Crippen molar-refractivity contribution in [3.05, 3.63) is 24.3 Å². The molecule has 19 heavy (non-hydrogen) atoms. The summed E-state index contributed by atoms with van der Waals surface area (Å²) in [6, 6.07) is 0. The van der Waals surface area contributed by atoms with Crippen LogP contribution in [0.5, 0.6) is 0 Å². The Labute approximate surface area is 106 Å². The van der Waals surface area contributed by atoms with Gasteiger partial charge in [-0.15, -0.1) is 0 Å². The van der Waals surface area contributed by atoms with Crippen molar-refractivity contribution in [2.45, 2.75) is 33.6 Å². The van der Waals surface area contributed by atoms with Gasteiger partial charge in [-0.2, -0.15) is 26.3 Å². The maximum atomic E-state index is 11.4. The van der Waals surface area contributed by atoms with Crippen molar-refractivity contribution in [2.24, 2.45) is 0 Å². The van der Waals surface area contributed by atoms with Gasteiger partial charge in [-0.05, 0) is 13.8 Å². The first kappa shape index (κ1) is 22.6. The lowest BCUT2D eigenvalue weighted by atomic mass is 10.2. The monoisotopic (exact) mass is 292 g/mol. The van der Waals surface area contributed by atoms with Gasteiger partial charge in [-0.25, -0.2) is 0 Å². The Morgan fingerprint density at radius 2 is 0.895 bits per heavy atom. The molecule has 0 aliphatic rings. The SMILES string of the molecule is C.C=C(C(C)=O)C(F)(F)F.C=C(C(C)=O)C(F)(F)F. The van der Waals surface area contributed by atoms with Crippen LogP contribution in [0.25, 0.3) is 0 Å². The third-order valence-corrected chi connectivity index (χ3v) is 1.53. The molecule has 8 heteroatoms. The Hall–Kier alpha value is -1.60. The number of halogens is 6. The van der Waals surface area contributed by atoms with Crippen LogP contribution < -0.4 is 0 Å². The van der Waals surface area contributed by atoms with Crippen molar-refractivity contribution in [1.82, 2.24) is 0 Å². The highest BCUT2D eigenvalue weighted by Crippen LogP contribution is 2.24. The van der Waals surface area contributed by atoms with Crippen molar-refractivity contribution in [3.63, 3.8) is 0 Å². The highest BCUT2D eigenvalue weighted by Gasteiger charge is 2.35. The van der Waals surface area contributed by atoms with E-state index in [2.05, 4.69) is 13.2 Å². The van der Waals surface area contributed by atoms with Crippen molar-refractivity contribution < 1.29 is 35.9 Å². The largest absolute Gasteiger partial charge is 0.419 e. The van der Waals surface area contributed by atoms with E-state index in [1.54, 1.807) is 0 Å². The second-order valence-electron chi connectivity index (χ2n) is 3.06. The third kappa shape index (κ3) is 10.0. The van der Waals surface area contributed by atoms with E-state index < -0.39 is 35.1 Å². The Morgan fingerprint density at radius 3 is 0.895 bits per heavy atom. The van der Waals surface area contributed by atoms with Crippen LogP contribution in [0.15, 0.2) is 24.3 Å². The molecule has 0 spiro atoms. The minimum Gasteiger partial charge on any atom is -0.295 e. The average Bonchev–Trinajstić information content (AvgIpc) is 2.13. The summed E-state index contributed by atoms with van der Waals surface area (Å²) >= 11 is 0. The number of allylic oxidation sites excluding steroid dienone is 2. The molecule has 0 heterocycles. The number of ketones is 2. The zero-order chi connectivity index (χ0) is 15.3. The first-order valence-electron chi connectivity index (χ1n) is 4.25. The summed E-state index contributed by atoms with van der Waals surface area (Å²) in [5, 5.41) is 0. The lowest BCUT2D eigenvalue weighted by Gasteiger charge is -2.04. The van der Waals surface area contributed by atoms with Crippen molar-refractivity contribution in [3.8, 4) is 0 Å². The zero-order valence-corrected chi connectivity index (χ0v) is 9.50. The average molecular weight is 292 g/mol. The van der Waals surface area contributed by atoms with Gasteiger partial charge in [-0.1, -0.05) is 20.6 Å². The molecule has 0 bridgehead atoms. The highest BCUT2D eigenvalue weighted by atomic mass is 19.4. The van der Waals surface area contributed by atoms with Gasteiger partial charge >= 0.3 is 12.4 Å². The standard InChI is InChI=1S/2C5H5F3O.CH4/c2*1-3(4(2)9)5(6,7)8;/h2*1H2,2H3;1H4. The first-order valence-corrected chi connectivity index (χ1v) is 4.25. The van der Waals surface area contributed by atoms with Crippen LogP contribution >= 0.6 is 0 Å². The van der Waals surface area contributed by atoms with Gasteiger partial charge in [0.15, 0.2) is 11.6 Å². The molecule has 112 valence electrons. The summed E-state index contributed by atoms with van der Waals surface area (Å²) < 4.78 is 68.3. The van der Waals surface area contributed by atoms with Gasteiger partial charge in [0.2, 0.25) is 0 Å². The maximum Gasteiger partial charge on any atom is 0.419 e. The Balaban J connectivity index is -0.000000256. The number of rotatable bonds is 2. The number of alkyl halides is 6. The molecule has 2 nitrogen and oxygen atoms in total. The van der Waals surface area contributed by atoms with E-state index in [0.717, 1.165) is 13.8 Å². The molecule has 0 atom stereocenters. The van der Waals surface area contributed by atoms with E-state index in [1.165, 1.54) is 0 Å². The van der Waals surface area contributed by atoms with E-state index in [1.807, 2.05) is 0 Å². The van der Waals surface area contributed by atoms with Gasteiger partial charge in [-0.3, -0.25) is 9.59 Å². The second kappa shape index (κ2) is 7.75. The van der Waals surface area contributed by atoms with E-state index >= 15 is 0 Å². The van der Waals surface area contributed by atoms with Gasteiger partial charge in [0, 0.05) is 0 Å². The summed E-state index contributed by atoms with van der Waals surface area (Å²) in [5.74, 6) is -2.08. The molecule has 0 N–H and O–H groups in total. The summed E-state index contributed by atoms with van der Waals surface area (Å²) in [4.78, 5) is 19.9. The van der Waals surface area contributed by atoms with Crippen LogP contribution in [-0.2, 0) is 9.59 Å². The van der Waals surface area contributed by atoms with Crippen LogP contribution in [0, 0.1) is 0 Å². The molecule has 0 fully saturated rings. The molecule has 0 aromatic carbocycles. The zero-order valence-electron chi connectivity index (χ0n) is 9.50. The second-order valence-corrected chi connectivity index (χ2v) is 3.06. The van der Waals surface area contributed by atoms with Crippen molar-refractivity contribution >= 4 is 11.6 Å². The van der Waals surface area contributed by atoms with E-state index in [4.69, 9.17) is 0 Å². The number of carbonyl (C=O) groups excluding carboxylic acids is 2. The van der Waals surface area contributed by atoms with Gasteiger partial charge in [0.25, 0.3) is 0 Å². The molecule has 0 aliphatic heterocycles. The molecule has 0 unspecified atom stereocenters. The fourth-order valence-corrected chi connectivity index (χ4v) is 0.399. The minimum absolute atomic E-state index is 0. The predicted octanol–water partition coefficient (Wildman–Crippen LogP) is 4.02. The van der Waals surface area contributed by atoms with E-state index in [0.29, 0.717) is 0 Å². The van der Waals surface area contributed by atoms with Crippen molar-refractivity contribution in [1.29, 1.82) is 0 Å². The first-order chi connectivity index (χ1) is 7.71. The molecule has 0 amide bonds. The van der Waals surface area contributed by atoms with Crippen LogP contribution in [0.2, 0.25) is 0 Å². The van der Waals surface area contributed by atoms with Crippen LogP contribution in [-0.4, -0.2) is 23.9 Å². The molecular weight excluding hydrogens is 278 g/mol. The molecule has 0 saturated heterocycles. The molecule has 0 rings (SSSR count). The van der Waals surface area contributed by atoms with Gasteiger partial charge in [0.1, 0.15) is 0 Å². The fraction of sp³-hybridized carbons (Fsp3) is 0.455. The number of carbonyl (C=O) groups is 2. The molecule has 0 saturated carbocycles. The normalized spacial score (nSPS) is 10.5. The summed E-state index contributed by atoms with van der Waals surface area (Å²) in [6.45, 7) is 6.76. The summed E-state index contributed by atoms with van der Waals surface area (Å²) in [7, 11) is 0. The molecular formula is C11H14F6O2. The van der Waals surface area contributed by atoms with Gasteiger partial charge < -0.3 is 0 Å². The molecule has 0 radical (unpaired) electrons. The number of hydrogen-bond acceptors (Lipinski definition) is 2. The molecule has 0 aromatic heterocycles.